The molecule has 1 atom stereocenters. The largest absolute Gasteiger partial charge is 0.383 e. The number of hydrazine groups is 1. The van der Waals surface area contributed by atoms with Crippen LogP contribution in [0.4, 0.5) is 0 Å². The van der Waals surface area contributed by atoms with Crippen molar-refractivity contribution >= 4 is 33.3 Å². The van der Waals surface area contributed by atoms with E-state index in [1.165, 1.54) is 38.4 Å². The molecule has 0 saturated carbocycles. The van der Waals surface area contributed by atoms with Gasteiger partial charge in [-0.2, -0.15) is 0 Å². The van der Waals surface area contributed by atoms with E-state index in [-0.39, 0.29) is 16.0 Å². The van der Waals surface area contributed by atoms with Crippen molar-refractivity contribution < 1.29 is 17.9 Å². The Kier molecular flexibility index (Phi) is 7.55. The van der Waals surface area contributed by atoms with Crippen LogP contribution < -0.4 is 16.2 Å². The molecule has 0 aliphatic rings. The lowest BCUT2D eigenvalue weighted by atomic mass is 10.2. The third kappa shape index (κ3) is 5.71. The summed E-state index contributed by atoms with van der Waals surface area (Å²) in [6.45, 7) is 2.35. The van der Waals surface area contributed by atoms with Gasteiger partial charge in [0.25, 0.3) is 5.91 Å². The molecule has 0 aliphatic heterocycles. The van der Waals surface area contributed by atoms with E-state index in [0.717, 1.165) is 4.31 Å². The molecule has 1 amide bonds. The molecule has 0 unspecified atom stereocenters. The van der Waals surface area contributed by atoms with Crippen molar-refractivity contribution in [2.45, 2.75) is 17.9 Å². The molecule has 0 saturated heterocycles. The second-order valence-corrected chi connectivity index (χ2v) is 7.78. The van der Waals surface area contributed by atoms with Crippen LogP contribution in [0.15, 0.2) is 29.2 Å². The average Bonchev–Trinajstić information content (AvgIpc) is 2.52. The van der Waals surface area contributed by atoms with Gasteiger partial charge in [0.1, 0.15) is 0 Å². The van der Waals surface area contributed by atoms with Crippen molar-refractivity contribution in [1.82, 2.24) is 20.5 Å². The predicted octanol–water partition coefficient (Wildman–Crippen LogP) is 0.0807. The Hall–Kier alpha value is -1.75. The molecule has 0 spiro atoms. The summed E-state index contributed by atoms with van der Waals surface area (Å²) in [5, 5.41) is 3.17. The summed E-state index contributed by atoms with van der Waals surface area (Å²) in [5.41, 5.74) is 5.30. The summed E-state index contributed by atoms with van der Waals surface area (Å²) in [7, 11) is 0.945. The molecule has 0 radical (unpaired) electrons. The number of rotatable bonds is 6. The molecule has 24 heavy (non-hydrogen) atoms. The lowest BCUT2D eigenvalue weighted by Gasteiger charge is -2.16. The molecule has 134 valence electrons. The number of ether oxygens (including phenoxy) is 1. The van der Waals surface area contributed by atoms with Crippen LogP contribution in [0.2, 0.25) is 0 Å². The minimum absolute atomic E-state index is 0.0116. The average molecular weight is 374 g/mol. The highest BCUT2D eigenvalue weighted by atomic mass is 32.2. The Morgan fingerprint density at radius 1 is 1.25 bits per heavy atom. The van der Waals surface area contributed by atoms with Gasteiger partial charge in [-0.1, -0.05) is 0 Å². The van der Waals surface area contributed by atoms with Crippen molar-refractivity contribution in [3.63, 3.8) is 0 Å². The van der Waals surface area contributed by atoms with Crippen LogP contribution >= 0.6 is 12.2 Å². The molecule has 1 aromatic rings. The highest BCUT2D eigenvalue weighted by molar-refractivity contribution is 7.89. The highest BCUT2D eigenvalue weighted by Gasteiger charge is 2.17. The monoisotopic (exact) mass is 374 g/mol. The highest BCUT2D eigenvalue weighted by Crippen LogP contribution is 2.13. The molecular formula is C14H22N4O4S2. The SMILES string of the molecule is COC[C@H](C)NC(=S)NNC(=O)c1ccc(S(=O)(=O)N(C)C)cc1. The van der Waals surface area contributed by atoms with Gasteiger partial charge < -0.3 is 10.1 Å². The fraction of sp³-hybridized carbons (Fsp3) is 0.429. The van der Waals surface area contributed by atoms with Crippen LogP contribution in [0, 0.1) is 0 Å². The maximum atomic E-state index is 12.0. The van der Waals surface area contributed by atoms with E-state index in [9.17, 15) is 13.2 Å². The molecule has 0 aromatic heterocycles. The van der Waals surface area contributed by atoms with Gasteiger partial charge in [0.15, 0.2) is 5.11 Å². The fourth-order valence-electron chi connectivity index (χ4n) is 1.73. The number of hydrogen-bond donors (Lipinski definition) is 3. The number of amides is 1. The number of hydrogen-bond acceptors (Lipinski definition) is 5. The van der Waals surface area contributed by atoms with E-state index in [0.29, 0.717) is 12.2 Å². The standard InChI is InChI=1S/C14H22N4O4S2/c1-10(9-22-4)15-14(23)17-16-13(19)11-5-7-12(8-6-11)24(20,21)18(2)3/h5-8,10H,9H2,1-4H3,(H,16,19)(H2,15,17,23)/t10-/m0/s1. The molecule has 8 nitrogen and oxygen atoms in total. The first-order chi connectivity index (χ1) is 11.2. The second kappa shape index (κ2) is 8.92. The van der Waals surface area contributed by atoms with E-state index in [1.807, 2.05) is 6.92 Å². The summed E-state index contributed by atoms with van der Waals surface area (Å²) >= 11 is 5.03. The van der Waals surface area contributed by atoms with Crippen LogP contribution in [-0.4, -0.2) is 57.6 Å². The normalized spacial score (nSPS) is 12.5. The van der Waals surface area contributed by atoms with Gasteiger partial charge in [-0.05, 0) is 43.4 Å². The van der Waals surface area contributed by atoms with E-state index in [4.69, 9.17) is 17.0 Å². The van der Waals surface area contributed by atoms with Gasteiger partial charge in [-0.25, -0.2) is 12.7 Å². The van der Waals surface area contributed by atoms with Crippen LogP contribution in [0.3, 0.4) is 0 Å². The molecule has 1 rings (SSSR count). The first-order valence-electron chi connectivity index (χ1n) is 7.07. The van der Waals surface area contributed by atoms with Gasteiger partial charge in [-0.3, -0.25) is 15.6 Å². The van der Waals surface area contributed by atoms with E-state index < -0.39 is 15.9 Å². The number of benzene rings is 1. The van der Waals surface area contributed by atoms with Gasteiger partial charge in [0.05, 0.1) is 11.5 Å². The number of carbonyl (C=O) groups excluding carboxylic acids is 1. The molecule has 0 fully saturated rings. The van der Waals surface area contributed by atoms with Crippen LogP contribution in [-0.2, 0) is 14.8 Å². The van der Waals surface area contributed by atoms with Gasteiger partial charge >= 0.3 is 0 Å². The van der Waals surface area contributed by atoms with E-state index in [1.54, 1.807) is 7.11 Å². The zero-order valence-electron chi connectivity index (χ0n) is 14.0. The number of carbonyl (C=O) groups is 1. The third-order valence-electron chi connectivity index (χ3n) is 2.98. The molecule has 10 heteroatoms. The van der Waals surface area contributed by atoms with Crippen LogP contribution in [0.25, 0.3) is 0 Å². The number of sulfonamides is 1. The minimum atomic E-state index is -3.52. The molecular weight excluding hydrogens is 352 g/mol. The summed E-state index contributed by atoms with van der Waals surface area (Å²) in [5.74, 6) is -0.438. The Bertz CT molecular complexity index is 675. The number of nitrogens with zero attached hydrogens (tertiary/aromatic N) is 1. The number of thiocarbonyl (C=S) groups is 1. The lowest BCUT2D eigenvalue weighted by Crippen LogP contribution is -2.49. The molecule has 3 N–H and O–H groups in total. The smallest absolute Gasteiger partial charge is 0.269 e. The summed E-state index contributed by atoms with van der Waals surface area (Å²) in [6.07, 6.45) is 0. The summed E-state index contributed by atoms with van der Waals surface area (Å²) in [4.78, 5) is 12.1. The van der Waals surface area contributed by atoms with Crippen LogP contribution in [0.1, 0.15) is 17.3 Å². The summed E-state index contributed by atoms with van der Waals surface area (Å²) < 4.78 is 30.0. The van der Waals surface area contributed by atoms with E-state index in [2.05, 4.69) is 16.2 Å². The quantitative estimate of drug-likeness (QED) is 0.479. The summed E-state index contributed by atoms with van der Waals surface area (Å²) in [6, 6.07) is 5.60. The Morgan fingerprint density at radius 2 is 1.83 bits per heavy atom. The van der Waals surface area contributed by atoms with Gasteiger partial charge in [0.2, 0.25) is 10.0 Å². The number of methoxy groups -OCH3 is 1. The van der Waals surface area contributed by atoms with Crippen molar-refractivity contribution in [3.8, 4) is 0 Å². The number of nitrogens with one attached hydrogen (secondary N) is 3. The van der Waals surface area contributed by atoms with Crippen molar-refractivity contribution in [2.24, 2.45) is 0 Å². The Morgan fingerprint density at radius 3 is 2.33 bits per heavy atom. The maximum Gasteiger partial charge on any atom is 0.269 e. The Balaban J connectivity index is 2.62. The molecule has 0 heterocycles. The van der Waals surface area contributed by atoms with Crippen molar-refractivity contribution in [3.05, 3.63) is 29.8 Å². The van der Waals surface area contributed by atoms with Crippen molar-refractivity contribution in [2.75, 3.05) is 27.8 Å². The first kappa shape index (κ1) is 20.3. The molecule has 0 aliphatic carbocycles. The van der Waals surface area contributed by atoms with Gasteiger partial charge in [0, 0.05) is 32.8 Å². The molecule has 1 aromatic carbocycles. The zero-order chi connectivity index (χ0) is 18.3. The third-order valence-corrected chi connectivity index (χ3v) is 5.03. The lowest BCUT2D eigenvalue weighted by molar-refractivity contribution is 0.0943. The molecule has 0 bridgehead atoms. The second-order valence-electron chi connectivity index (χ2n) is 5.22. The first-order valence-corrected chi connectivity index (χ1v) is 8.91. The van der Waals surface area contributed by atoms with Gasteiger partial charge in [-0.15, -0.1) is 0 Å². The van der Waals surface area contributed by atoms with E-state index >= 15 is 0 Å². The zero-order valence-corrected chi connectivity index (χ0v) is 15.6. The Labute approximate surface area is 147 Å². The topological polar surface area (TPSA) is 99.8 Å². The predicted molar refractivity (Wildman–Crippen MR) is 95.0 cm³/mol. The van der Waals surface area contributed by atoms with Crippen LogP contribution in [0.5, 0.6) is 0 Å². The fourth-order valence-corrected chi connectivity index (χ4v) is 2.88. The minimum Gasteiger partial charge on any atom is -0.383 e. The maximum absolute atomic E-state index is 12.0. The van der Waals surface area contributed by atoms with Crippen molar-refractivity contribution in [1.29, 1.82) is 0 Å².